The molecule has 0 atom stereocenters. The number of hydrogen-bond donors (Lipinski definition) is 1. The molecule has 0 aliphatic heterocycles. The lowest BCUT2D eigenvalue weighted by Gasteiger charge is -2.08. The van der Waals surface area contributed by atoms with E-state index in [2.05, 4.69) is 81.9 Å². The van der Waals surface area contributed by atoms with Gasteiger partial charge in [-0.1, -0.05) is 59.7 Å². The van der Waals surface area contributed by atoms with Gasteiger partial charge in [0, 0.05) is 4.91 Å². The van der Waals surface area contributed by atoms with Gasteiger partial charge in [-0.05, 0) is 37.5 Å². The van der Waals surface area contributed by atoms with Crippen LogP contribution < -0.4 is 0 Å². The van der Waals surface area contributed by atoms with Crippen LogP contribution in [0.4, 0.5) is 0 Å². The normalized spacial score (nSPS) is 12.2. The largest absolute Gasteiger partial charge is 0.143 e. The quantitative estimate of drug-likeness (QED) is 0.558. The Morgan fingerprint density at radius 3 is 1.56 bits per heavy atom. The number of hydrogen-bond acceptors (Lipinski definition) is 1. The van der Waals surface area contributed by atoms with Gasteiger partial charge in [0.1, 0.15) is 0 Å². The Hall–Kier alpha value is -1.47. The molecule has 0 bridgehead atoms. The van der Waals surface area contributed by atoms with E-state index in [9.17, 15) is 0 Å². The molecule has 0 aromatic heterocycles. The fourth-order valence-corrected chi connectivity index (χ4v) is 2.15. The van der Waals surface area contributed by atoms with Crippen LogP contribution in [0.2, 0.25) is 0 Å². The monoisotopic (exact) mass is 254 g/mol. The van der Waals surface area contributed by atoms with E-state index in [1.165, 1.54) is 27.8 Å². The van der Waals surface area contributed by atoms with E-state index in [1.807, 2.05) is 0 Å². The minimum atomic E-state index is 1.04. The summed E-state index contributed by atoms with van der Waals surface area (Å²) in [6.45, 7) is 6.32. The number of rotatable bonds is 2. The molecule has 18 heavy (non-hydrogen) atoms. The maximum atomic E-state index is 4.67. The molecular formula is C17H18S. The summed E-state index contributed by atoms with van der Waals surface area (Å²) in [4.78, 5) is 1.04. The molecule has 0 heterocycles. The second-order valence-corrected chi connectivity index (χ2v) is 5.15. The summed E-state index contributed by atoms with van der Waals surface area (Å²) in [5.41, 5.74) is 6.16. The van der Waals surface area contributed by atoms with Crippen molar-refractivity contribution in [1.29, 1.82) is 0 Å². The fraction of sp³-hybridized carbons (Fsp3) is 0.176. The Bertz CT molecular complexity index is 506. The molecule has 0 aliphatic carbocycles. The zero-order valence-corrected chi connectivity index (χ0v) is 12.0. The molecule has 0 fully saturated rings. The summed E-state index contributed by atoms with van der Waals surface area (Å²) in [6, 6.07) is 17.0. The maximum Gasteiger partial charge on any atom is 0.0148 e. The third-order valence-electron chi connectivity index (χ3n) is 3.16. The van der Waals surface area contributed by atoms with E-state index in [0.29, 0.717) is 0 Å². The second-order valence-electron chi connectivity index (χ2n) is 4.71. The van der Waals surface area contributed by atoms with E-state index < -0.39 is 0 Å². The summed E-state index contributed by atoms with van der Waals surface area (Å²) in [7, 11) is 0. The van der Waals surface area contributed by atoms with Crippen LogP contribution in [-0.4, -0.2) is 0 Å². The van der Waals surface area contributed by atoms with Gasteiger partial charge in [-0.2, -0.15) is 0 Å². The zero-order valence-electron chi connectivity index (χ0n) is 11.1. The van der Waals surface area contributed by atoms with Crippen LogP contribution in [0.15, 0.2) is 48.5 Å². The van der Waals surface area contributed by atoms with Crippen molar-refractivity contribution in [1.82, 2.24) is 0 Å². The topological polar surface area (TPSA) is 0 Å². The number of thiol groups is 1. The van der Waals surface area contributed by atoms with Gasteiger partial charge < -0.3 is 0 Å². The SMILES string of the molecule is C/C(=C(\S)c1ccc(C)cc1)c1ccc(C)cc1. The summed E-state index contributed by atoms with van der Waals surface area (Å²) in [6.07, 6.45) is 0. The van der Waals surface area contributed by atoms with Gasteiger partial charge in [-0.15, -0.1) is 12.6 Å². The van der Waals surface area contributed by atoms with Crippen LogP contribution in [0.1, 0.15) is 29.2 Å². The first kappa shape index (κ1) is 13.0. The molecule has 1 heteroatoms. The molecule has 2 aromatic rings. The highest BCUT2D eigenvalue weighted by atomic mass is 32.1. The van der Waals surface area contributed by atoms with Crippen molar-refractivity contribution in [3.05, 3.63) is 70.8 Å². The van der Waals surface area contributed by atoms with Gasteiger partial charge >= 0.3 is 0 Å². The lowest BCUT2D eigenvalue weighted by molar-refractivity contribution is 1.44. The molecule has 0 spiro atoms. The maximum absolute atomic E-state index is 4.67. The Balaban J connectivity index is 2.40. The van der Waals surface area contributed by atoms with E-state index in [4.69, 9.17) is 0 Å². The number of allylic oxidation sites excluding steroid dienone is 1. The summed E-state index contributed by atoms with van der Waals surface area (Å²) in [5, 5.41) is 0. The van der Waals surface area contributed by atoms with Crippen LogP contribution >= 0.6 is 12.6 Å². The molecule has 92 valence electrons. The van der Waals surface area contributed by atoms with Crippen LogP contribution in [0.25, 0.3) is 10.5 Å². The summed E-state index contributed by atoms with van der Waals surface area (Å²) >= 11 is 4.67. The van der Waals surface area contributed by atoms with Gasteiger partial charge in [0.25, 0.3) is 0 Å². The number of benzene rings is 2. The summed E-state index contributed by atoms with van der Waals surface area (Å²) in [5.74, 6) is 0. The summed E-state index contributed by atoms with van der Waals surface area (Å²) < 4.78 is 0. The van der Waals surface area contributed by atoms with E-state index in [0.717, 1.165) is 4.91 Å². The van der Waals surface area contributed by atoms with E-state index in [1.54, 1.807) is 0 Å². The van der Waals surface area contributed by atoms with Crippen molar-refractivity contribution in [3.8, 4) is 0 Å². The first-order valence-electron chi connectivity index (χ1n) is 6.12. The average Bonchev–Trinajstić information content (AvgIpc) is 2.39. The third kappa shape index (κ3) is 2.85. The first-order chi connectivity index (χ1) is 8.58. The molecule has 2 aromatic carbocycles. The molecule has 0 nitrogen and oxygen atoms in total. The lowest BCUT2D eigenvalue weighted by atomic mass is 10.0. The molecule has 0 aliphatic rings. The number of aryl methyl sites for hydroxylation is 2. The predicted octanol–water partition coefficient (Wildman–Crippen LogP) is 5.12. The van der Waals surface area contributed by atoms with Crippen LogP contribution in [0.3, 0.4) is 0 Å². The molecule has 0 saturated carbocycles. The van der Waals surface area contributed by atoms with Crippen molar-refractivity contribution < 1.29 is 0 Å². The van der Waals surface area contributed by atoms with Gasteiger partial charge in [-0.25, -0.2) is 0 Å². The van der Waals surface area contributed by atoms with Gasteiger partial charge in [-0.3, -0.25) is 0 Å². The second kappa shape index (κ2) is 5.45. The Morgan fingerprint density at radius 1 is 0.722 bits per heavy atom. The highest BCUT2D eigenvalue weighted by molar-refractivity contribution is 7.90. The Kier molecular flexibility index (Phi) is 3.93. The van der Waals surface area contributed by atoms with Crippen LogP contribution in [0, 0.1) is 13.8 Å². The van der Waals surface area contributed by atoms with E-state index >= 15 is 0 Å². The van der Waals surface area contributed by atoms with Crippen molar-refractivity contribution in [2.24, 2.45) is 0 Å². The minimum absolute atomic E-state index is 1.04. The average molecular weight is 254 g/mol. The Labute approximate surface area is 115 Å². The molecule has 0 radical (unpaired) electrons. The third-order valence-corrected chi connectivity index (χ3v) is 3.76. The fourth-order valence-electron chi connectivity index (χ4n) is 1.87. The van der Waals surface area contributed by atoms with Gasteiger partial charge in [0.15, 0.2) is 0 Å². The molecule has 0 saturated heterocycles. The smallest absolute Gasteiger partial charge is 0.0148 e. The first-order valence-corrected chi connectivity index (χ1v) is 6.56. The van der Waals surface area contributed by atoms with Crippen molar-refractivity contribution in [2.75, 3.05) is 0 Å². The lowest BCUT2D eigenvalue weighted by Crippen LogP contribution is -1.85. The Morgan fingerprint density at radius 2 is 1.11 bits per heavy atom. The molecule has 0 unspecified atom stereocenters. The van der Waals surface area contributed by atoms with Gasteiger partial charge in [0.2, 0.25) is 0 Å². The molecule has 0 amide bonds. The van der Waals surface area contributed by atoms with Crippen molar-refractivity contribution in [2.45, 2.75) is 20.8 Å². The molecule has 2 rings (SSSR count). The molecular weight excluding hydrogens is 236 g/mol. The van der Waals surface area contributed by atoms with Gasteiger partial charge in [0.05, 0.1) is 0 Å². The predicted molar refractivity (Wildman–Crippen MR) is 83.8 cm³/mol. The van der Waals surface area contributed by atoms with Crippen LogP contribution in [-0.2, 0) is 0 Å². The standard InChI is InChI=1S/C17H18S/c1-12-4-8-15(9-5-12)14(3)17(18)16-10-6-13(2)7-11-16/h4-11,18H,1-3H3/b17-14+. The minimum Gasteiger partial charge on any atom is -0.143 e. The molecule has 0 N–H and O–H groups in total. The highest BCUT2D eigenvalue weighted by Gasteiger charge is 2.03. The van der Waals surface area contributed by atoms with E-state index in [-0.39, 0.29) is 0 Å². The van der Waals surface area contributed by atoms with Crippen LogP contribution in [0.5, 0.6) is 0 Å². The highest BCUT2D eigenvalue weighted by Crippen LogP contribution is 2.29. The van der Waals surface area contributed by atoms with Crippen molar-refractivity contribution >= 4 is 23.1 Å². The van der Waals surface area contributed by atoms with Crippen molar-refractivity contribution in [3.63, 3.8) is 0 Å². The zero-order chi connectivity index (χ0) is 13.1.